The van der Waals surface area contributed by atoms with Crippen molar-refractivity contribution in [3.63, 3.8) is 0 Å². The summed E-state index contributed by atoms with van der Waals surface area (Å²) in [6.45, 7) is 6.97. The van der Waals surface area contributed by atoms with Crippen molar-refractivity contribution < 1.29 is 17.9 Å². The third-order valence-corrected chi connectivity index (χ3v) is 7.45. The molecule has 1 fully saturated rings. The van der Waals surface area contributed by atoms with Crippen molar-refractivity contribution >= 4 is 10.0 Å². The number of primary sulfonamides is 1. The first kappa shape index (κ1) is 26.2. The number of hydrogen-bond donors (Lipinski definition) is 3. The van der Waals surface area contributed by atoms with Crippen LogP contribution in [0, 0.1) is 5.82 Å². The quantitative estimate of drug-likeness (QED) is 0.423. The molecule has 2 heterocycles. The predicted octanol–water partition coefficient (Wildman–Crippen LogP) is 2.99. The van der Waals surface area contributed by atoms with E-state index in [-0.39, 0.29) is 16.5 Å². The molecule has 0 aliphatic carbocycles. The van der Waals surface area contributed by atoms with Crippen LogP contribution in [0.4, 0.5) is 4.39 Å². The number of rotatable bonds is 8. The molecule has 0 unspecified atom stereocenters. The van der Waals surface area contributed by atoms with E-state index in [4.69, 9.17) is 5.14 Å². The molecule has 0 radical (unpaired) electrons. The number of piperazine rings is 1. The highest BCUT2D eigenvalue weighted by atomic mass is 32.2. The molecule has 0 saturated carbocycles. The highest BCUT2D eigenvalue weighted by Crippen LogP contribution is 2.25. The number of nitrogens with two attached hydrogens (primary N) is 1. The molecular weight excluding hydrogens is 481 g/mol. The molecule has 2 atom stereocenters. The minimum atomic E-state index is -3.97. The van der Waals surface area contributed by atoms with Crippen LogP contribution in [0.3, 0.4) is 0 Å². The second-order valence-electron chi connectivity index (χ2n) is 9.46. The van der Waals surface area contributed by atoms with Gasteiger partial charge in [0.25, 0.3) is 0 Å². The van der Waals surface area contributed by atoms with Gasteiger partial charge >= 0.3 is 0 Å². The Morgan fingerprint density at radius 1 is 1.14 bits per heavy atom. The number of phenols is 1. The lowest BCUT2D eigenvalue weighted by atomic mass is 10.0. The summed E-state index contributed by atoms with van der Waals surface area (Å²) in [6.07, 6.45) is 3.43. The van der Waals surface area contributed by atoms with Crippen molar-refractivity contribution in [3.05, 3.63) is 71.4 Å². The van der Waals surface area contributed by atoms with Crippen molar-refractivity contribution in [2.75, 3.05) is 13.1 Å². The molecule has 1 aromatic heterocycles. The summed E-state index contributed by atoms with van der Waals surface area (Å²) in [5.41, 5.74) is 2.80. The average molecular weight is 514 g/mol. The third-order valence-electron chi connectivity index (χ3n) is 6.49. The van der Waals surface area contributed by atoms with Gasteiger partial charge < -0.3 is 10.4 Å². The SMILES string of the molecule is C[C@H]1CN(Cc2ccc(F)c(-c3ccnc(CCCc4ccc(S(N)(=O)=O)c(O)c4)n3)c2)[C@@H](C)CN1. The fourth-order valence-electron chi connectivity index (χ4n) is 4.50. The minimum Gasteiger partial charge on any atom is -0.507 e. The Morgan fingerprint density at radius 2 is 1.92 bits per heavy atom. The molecule has 1 saturated heterocycles. The summed E-state index contributed by atoms with van der Waals surface area (Å²) in [4.78, 5) is 11.0. The Balaban J connectivity index is 1.43. The Labute approximate surface area is 211 Å². The maximum Gasteiger partial charge on any atom is 0.241 e. The van der Waals surface area contributed by atoms with Gasteiger partial charge in [-0.05, 0) is 68.1 Å². The molecule has 192 valence electrons. The van der Waals surface area contributed by atoms with Crippen LogP contribution >= 0.6 is 0 Å². The second-order valence-corrected chi connectivity index (χ2v) is 11.0. The Morgan fingerprint density at radius 3 is 2.67 bits per heavy atom. The van der Waals surface area contributed by atoms with E-state index in [1.54, 1.807) is 18.3 Å². The molecule has 4 rings (SSSR count). The molecule has 1 aliphatic heterocycles. The van der Waals surface area contributed by atoms with Crippen LogP contribution in [0.1, 0.15) is 37.2 Å². The average Bonchev–Trinajstić information content (AvgIpc) is 2.82. The summed E-state index contributed by atoms with van der Waals surface area (Å²) in [7, 11) is -3.97. The van der Waals surface area contributed by atoms with Gasteiger partial charge in [0.2, 0.25) is 10.0 Å². The number of aromatic hydroxyl groups is 1. The van der Waals surface area contributed by atoms with Gasteiger partial charge in [-0.3, -0.25) is 4.90 Å². The van der Waals surface area contributed by atoms with Gasteiger partial charge in [-0.1, -0.05) is 12.1 Å². The molecule has 0 spiro atoms. The van der Waals surface area contributed by atoms with E-state index in [0.29, 0.717) is 48.4 Å². The zero-order valence-electron chi connectivity index (χ0n) is 20.5. The summed E-state index contributed by atoms with van der Waals surface area (Å²) in [5.74, 6) is -0.101. The number of nitrogens with zero attached hydrogens (tertiary/aromatic N) is 3. The molecule has 2 aromatic carbocycles. The fraction of sp³-hybridized carbons (Fsp3) is 0.385. The van der Waals surface area contributed by atoms with Crippen molar-refractivity contribution in [1.82, 2.24) is 20.2 Å². The molecular formula is C26H32FN5O3S. The maximum atomic E-state index is 14.8. The monoisotopic (exact) mass is 513 g/mol. The highest BCUT2D eigenvalue weighted by Gasteiger charge is 2.22. The van der Waals surface area contributed by atoms with E-state index >= 15 is 0 Å². The van der Waals surface area contributed by atoms with Gasteiger partial charge in [0.1, 0.15) is 22.3 Å². The minimum absolute atomic E-state index is 0.299. The van der Waals surface area contributed by atoms with E-state index in [2.05, 4.69) is 34.0 Å². The number of nitrogens with one attached hydrogen (secondary N) is 1. The van der Waals surface area contributed by atoms with Crippen LogP contribution in [0.5, 0.6) is 5.75 Å². The largest absolute Gasteiger partial charge is 0.507 e. The van der Waals surface area contributed by atoms with Crippen LogP contribution < -0.4 is 10.5 Å². The van der Waals surface area contributed by atoms with Crippen molar-refractivity contribution in [3.8, 4) is 17.0 Å². The van der Waals surface area contributed by atoms with Gasteiger partial charge in [-0.25, -0.2) is 27.9 Å². The number of hydrogen-bond acceptors (Lipinski definition) is 7. The fourth-order valence-corrected chi connectivity index (χ4v) is 5.11. The summed E-state index contributed by atoms with van der Waals surface area (Å²) in [6, 6.07) is 12.1. The smallest absolute Gasteiger partial charge is 0.241 e. The van der Waals surface area contributed by atoms with Gasteiger partial charge in [0, 0.05) is 49.9 Å². The van der Waals surface area contributed by atoms with E-state index in [1.165, 1.54) is 18.2 Å². The van der Waals surface area contributed by atoms with E-state index in [0.717, 1.165) is 30.8 Å². The first-order chi connectivity index (χ1) is 17.1. The molecule has 4 N–H and O–H groups in total. The maximum absolute atomic E-state index is 14.8. The second kappa shape index (κ2) is 11.0. The van der Waals surface area contributed by atoms with Crippen LogP contribution in [0.2, 0.25) is 0 Å². The normalized spacial score (nSPS) is 18.9. The van der Waals surface area contributed by atoms with Crippen LogP contribution in [0.25, 0.3) is 11.3 Å². The van der Waals surface area contributed by atoms with Gasteiger partial charge in [-0.15, -0.1) is 0 Å². The molecule has 1 aliphatic rings. The molecule has 36 heavy (non-hydrogen) atoms. The van der Waals surface area contributed by atoms with E-state index in [1.807, 2.05) is 12.1 Å². The lowest BCUT2D eigenvalue weighted by Crippen LogP contribution is -2.53. The number of phenolic OH excluding ortho intramolecular Hbond substituents is 1. The van der Waals surface area contributed by atoms with Crippen LogP contribution in [0.15, 0.2) is 53.6 Å². The predicted molar refractivity (Wildman–Crippen MR) is 136 cm³/mol. The number of sulfonamides is 1. The third kappa shape index (κ3) is 6.44. The van der Waals surface area contributed by atoms with Crippen LogP contribution in [-0.2, 0) is 29.4 Å². The number of benzene rings is 2. The number of aromatic nitrogens is 2. The van der Waals surface area contributed by atoms with Crippen LogP contribution in [-0.4, -0.2) is 53.6 Å². The van der Waals surface area contributed by atoms with Crippen molar-refractivity contribution in [2.45, 2.75) is 56.6 Å². The lowest BCUT2D eigenvalue weighted by molar-refractivity contribution is 0.139. The van der Waals surface area contributed by atoms with E-state index < -0.39 is 10.0 Å². The topological polar surface area (TPSA) is 121 Å². The number of halogens is 1. The Kier molecular flexibility index (Phi) is 7.99. The standard InChI is InChI=1S/C26H32FN5O3S/c1-17-15-32(18(2)14-30-17)16-20-6-8-22(27)21(12-20)23-10-11-29-26(31-23)5-3-4-19-7-9-25(24(33)13-19)36(28,34)35/h6-13,17-18,30,33H,3-5,14-16H2,1-2H3,(H2,28,34,35)/t17-,18-/m0/s1. The molecule has 0 amide bonds. The van der Waals surface area contributed by atoms with Crippen molar-refractivity contribution in [2.24, 2.45) is 5.14 Å². The first-order valence-corrected chi connectivity index (χ1v) is 13.6. The van der Waals surface area contributed by atoms with Gasteiger partial charge in [0.15, 0.2) is 0 Å². The molecule has 3 aromatic rings. The highest BCUT2D eigenvalue weighted by molar-refractivity contribution is 7.89. The zero-order valence-corrected chi connectivity index (χ0v) is 21.3. The first-order valence-electron chi connectivity index (χ1n) is 12.0. The van der Waals surface area contributed by atoms with Crippen molar-refractivity contribution in [1.29, 1.82) is 0 Å². The van der Waals surface area contributed by atoms with Gasteiger partial charge in [-0.2, -0.15) is 0 Å². The summed E-state index contributed by atoms with van der Waals surface area (Å²) >= 11 is 0. The molecule has 8 nitrogen and oxygen atoms in total. The Bertz CT molecular complexity index is 1330. The molecule has 10 heteroatoms. The van der Waals surface area contributed by atoms with Gasteiger partial charge in [0.05, 0.1) is 5.69 Å². The van der Waals surface area contributed by atoms with E-state index in [9.17, 15) is 17.9 Å². The Hall–Kier alpha value is -2.92. The zero-order chi connectivity index (χ0) is 25.9. The number of aryl methyl sites for hydroxylation is 2. The summed E-state index contributed by atoms with van der Waals surface area (Å²) < 4.78 is 37.7. The summed E-state index contributed by atoms with van der Waals surface area (Å²) in [5, 5.41) is 18.5. The lowest BCUT2D eigenvalue weighted by Gasteiger charge is -2.37. The molecule has 0 bridgehead atoms.